The average molecular weight is 335 g/mol. The molecule has 24 heavy (non-hydrogen) atoms. The second kappa shape index (κ2) is 11.1. The summed E-state index contributed by atoms with van der Waals surface area (Å²) in [5.41, 5.74) is 0. The highest BCUT2D eigenvalue weighted by atomic mass is 16.5. The fraction of sp³-hybridized carbons (Fsp3) is 0.444. The predicted molar refractivity (Wildman–Crippen MR) is 91.1 cm³/mol. The molecule has 0 radical (unpaired) electrons. The van der Waals surface area contributed by atoms with Gasteiger partial charge in [-0.25, -0.2) is 0 Å². The van der Waals surface area contributed by atoms with E-state index in [1.54, 1.807) is 37.3 Å². The van der Waals surface area contributed by atoms with Crippen LogP contribution < -0.4 is 9.47 Å². The molecule has 0 N–H and O–H groups in total. The Labute approximate surface area is 143 Å². The largest absolute Gasteiger partial charge is 0.494 e. The van der Waals surface area contributed by atoms with E-state index in [9.17, 15) is 9.59 Å². The van der Waals surface area contributed by atoms with Crippen molar-refractivity contribution in [2.75, 3.05) is 32.9 Å². The van der Waals surface area contributed by atoms with Crippen molar-refractivity contribution in [2.45, 2.75) is 20.3 Å². The molecule has 1 amide bonds. The third kappa shape index (κ3) is 7.17. The molecule has 0 atom stereocenters. The summed E-state index contributed by atoms with van der Waals surface area (Å²) in [5.74, 6) is 0.787. The van der Waals surface area contributed by atoms with Crippen molar-refractivity contribution in [3.63, 3.8) is 0 Å². The number of carbonyl (C=O) groups excluding carboxylic acids is 2. The fourth-order valence-electron chi connectivity index (χ4n) is 1.97. The van der Waals surface area contributed by atoms with E-state index < -0.39 is 0 Å². The van der Waals surface area contributed by atoms with Gasteiger partial charge >= 0.3 is 5.97 Å². The summed E-state index contributed by atoms with van der Waals surface area (Å²) in [6, 6.07) is 7.06. The van der Waals surface area contributed by atoms with Crippen LogP contribution in [0.3, 0.4) is 0 Å². The number of hydrogen-bond acceptors (Lipinski definition) is 5. The molecule has 6 heteroatoms. The normalized spacial score (nSPS) is 9.92. The Balaban J connectivity index is 2.49. The third-order valence-electron chi connectivity index (χ3n) is 3.09. The van der Waals surface area contributed by atoms with Crippen molar-refractivity contribution in [2.24, 2.45) is 0 Å². The Morgan fingerprint density at radius 1 is 1.08 bits per heavy atom. The van der Waals surface area contributed by atoms with Gasteiger partial charge in [-0.1, -0.05) is 6.08 Å². The lowest BCUT2D eigenvalue weighted by Gasteiger charge is -2.20. The SMILES string of the molecule is C=CCN(CCC(=O)OCC)C(=O)COc1ccc(OCC)cc1. The Bertz CT molecular complexity index is 527. The molecule has 0 aromatic heterocycles. The maximum absolute atomic E-state index is 12.2. The number of amides is 1. The van der Waals surface area contributed by atoms with Gasteiger partial charge in [0.2, 0.25) is 0 Å². The zero-order valence-corrected chi connectivity index (χ0v) is 14.3. The van der Waals surface area contributed by atoms with E-state index in [2.05, 4.69) is 6.58 Å². The van der Waals surface area contributed by atoms with E-state index >= 15 is 0 Å². The molecule has 0 saturated heterocycles. The van der Waals surface area contributed by atoms with Gasteiger partial charge in [-0.3, -0.25) is 9.59 Å². The van der Waals surface area contributed by atoms with Crippen molar-refractivity contribution in [3.05, 3.63) is 36.9 Å². The van der Waals surface area contributed by atoms with E-state index in [0.29, 0.717) is 25.5 Å². The molecular formula is C18H25NO5. The summed E-state index contributed by atoms with van der Waals surface area (Å²) >= 11 is 0. The van der Waals surface area contributed by atoms with Gasteiger partial charge in [-0.15, -0.1) is 6.58 Å². The average Bonchev–Trinajstić information content (AvgIpc) is 2.58. The highest BCUT2D eigenvalue weighted by Gasteiger charge is 2.15. The third-order valence-corrected chi connectivity index (χ3v) is 3.09. The maximum Gasteiger partial charge on any atom is 0.307 e. The van der Waals surface area contributed by atoms with Crippen LogP contribution >= 0.6 is 0 Å². The Morgan fingerprint density at radius 2 is 1.71 bits per heavy atom. The molecule has 0 fully saturated rings. The van der Waals surface area contributed by atoms with Gasteiger partial charge in [-0.05, 0) is 38.1 Å². The van der Waals surface area contributed by atoms with Gasteiger partial charge < -0.3 is 19.1 Å². The number of esters is 1. The van der Waals surface area contributed by atoms with Crippen LogP contribution in [0.5, 0.6) is 11.5 Å². The lowest BCUT2D eigenvalue weighted by atomic mass is 10.3. The van der Waals surface area contributed by atoms with Crippen LogP contribution in [-0.4, -0.2) is 49.7 Å². The molecule has 0 heterocycles. The molecule has 0 aliphatic rings. The number of ether oxygens (including phenoxy) is 3. The minimum atomic E-state index is -0.327. The van der Waals surface area contributed by atoms with Gasteiger partial charge in [-0.2, -0.15) is 0 Å². The van der Waals surface area contributed by atoms with E-state index in [4.69, 9.17) is 14.2 Å². The smallest absolute Gasteiger partial charge is 0.307 e. The minimum absolute atomic E-state index is 0.107. The highest BCUT2D eigenvalue weighted by Crippen LogP contribution is 2.17. The van der Waals surface area contributed by atoms with Gasteiger partial charge in [0.25, 0.3) is 5.91 Å². The number of nitrogens with zero attached hydrogens (tertiary/aromatic N) is 1. The first-order valence-electron chi connectivity index (χ1n) is 8.00. The van der Waals surface area contributed by atoms with Crippen LogP contribution in [0.25, 0.3) is 0 Å². The van der Waals surface area contributed by atoms with Crippen molar-refractivity contribution >= 4 is 11.9 Å². The molecule has 0 saturated carbocycles. The summed E-state index contributed by atoms with van der Waals surface area (Å²) in [4.78, 5) is 25.1. The molecule has 0 aliphatic heterocycles. The zero-order valence-electron chi connectivity index (χ0n) is 14.3. The van der Waals surface area contributed by atoms with E-state index in [1.807, 2.05) is 6.92 Å². The Morgan fingerprint density at radius 3 is 2.25 bits per heavy atom. The van der Waals surface area contributed by atoms with Crippen LogP contribution in [0.4, 0.5) is 0 Å². The fourth-order valence-corrected chi connectivity index (χ4v) is 1.97. The quantitative estimate of drug-likeness (QED) is 0.459. The topological polar surface area (TPSA) is 65.1 Å². The van der Waals surface area contributed by atoms with Crippen molar-refractivity contribution in [1.82, 2.24) is 4.90 Å². The van der Waals surface area contributed by atoms with Gasteiger partial charge in [0, 0.05) is 13.1 Å². The van der Waals surface area contributed by atoms with E-state index in [0.717, 1.165) is 5.75 Å². The Hall–Kier alpha value is -2.50. The van der Waals surface area contributed by atoms with Crippen LogP contribution in [0.1, 0.15) is 20.3 Å². The van der Waals surface area contributed by atoms with Gasteiger partial charge in [0.1, 0.15) is 11.5 Å². The molecule has 1 rings (SSSR count). The van der Waals surface area contributed by atoms with Crippen molar-refractivity contribution in [1.29, 1.82) is 0 Å². The first-order valence-corrected chi connectivity index (χ1v) is 8.00. The van der Waals surface area contributed by atoms with Crippen LogP contribution in [0.15, 0.2) is 36.9 Å². The van der Waals surface area contributed by atoms with Crippen LogP contribution in [-0.2, 0) is 14.3 Å². The summed E-state index contributed by atoms with van der Waals surface area (Å²) < 4.78 is 15.7. The second-order valence-electron chi connectivity index (χ2n) is 4.88. The lowest BCUT2D eigenvalue weighted by Crippen LogP contribution is -2.36. The molecule has 132 valence electrons. The molecule has 1 aromatic carbocycles. The summed E-state index contributed by atoms with van der Waals surface area (Å²) in [5, 5.41) is 0. The van der Waals surface area contributed by atoms with Gasteiger partial charge in [0.05, 0.1) is 19.6 Å². The number of hydrogen-bond donors (Lipinski definition) is 0. The molecule has 0 spiro atoms. The van der Waals surface area contributed by atoms with Crippen molar-refractivity contribution in [3.8, 4) is 11.5 Å². The maximum atomic E-state index is 12.2. The van der Waals surface area contributed by atoms with Crippen LogP contribution in [0, 0.1) is 0 Å². The predicted octanol–water partition coefficient (Wildman–Crippen LogP) is 2.43. The second-order valence-corrected chi connectivity index (χ2v) is 4.88. The van der Waals surface area contributed by atoms with Crippen molar-refractivity contribution < 1.29 is 23.8 Å². The molecule has 0 aliphatic carbocycles. The molecular weight excluding hydrogens is 310 g/mol. The molecule has 0 unspecified atom stereocenters. The first-order chi connectivity index (χ1) is 11.6. The summed E-state index contributed by atoms with van der Waals surface area (Å²) in [6.45, 7) is 8.72. The van der Waals surface area contributed by atoms with Gasteiger partial charge in [0.15, 0.2) is 6.61 Å². The number of rotatable bonds is 11. The molecule has 6 nitrogen and oxygen atoms in total. The monoisotopic (exact) mass is 335 g/mol. The standard InChI is InChI=1S/C18H25NO5/c1-4-12-19(13-11-18(21)23-6-3)17(20)14-24-16-9-7-15(8-10-16)22-5-2/h4,7-10H,1,5-6,11-14H2,2-3H3. The molecule has 0 bridgehead atoms. The first kappa shape index (κ1) is 19.5. The van der Waals surface area contributed by atoms with E-state index in [-0.39, 0.29) is 31.4 Å². The summed E-state index contributed by atoms with van der Waals surface area (Å²) in [7, 11) is 0. The Kier molecular flexibility index (Phi) is 9.04. The number of benzene rings is 1. The molecule has 1 aromatic rings. The lowest BCUT2D eigenvalue weighted by molar-refractivity contribution is -0.144. The highest BCUT2D eigenvalue weighted by molar-refractivity contribution is 5.78. The van der Waals surface area contributed by atoms with Crippen LogP contribution in [0.2, 0.25) is 0 Å². The summed E-state index contributed by atoms with van der Waals surface area (Å²) in [6.07, 6.45) is 1.76. The van der Waals surface area contributed by atoms with E-state index in [1.165, 1.54) is 4.90 Å². The minimum Gasteiger partial charge on any atom is -0.494 e. The number of carbonyl (C=O) groups is 2. The zero-order chi connectivity index (χ0) is 17.8.